The Balaban J connectivity index is 2.44. The van der Waals surface area contributed by atoms with Crippen molar-refractivity contribution in [1.29, 1.82) is 0 Å². The lowest BCUT2D eigenvalue weighted by molar-refractivity contribution is 0.485. The fraction of sp³-hybridized carbons (Fsp3) is 0. The maximum absolute atomic E-state index is 10.8. The second kappa shape index (κ2) is 3.85. The molecule has 0 radical (unpaired) electrons. The van der Waals surface area contributed by atoms with Gasteiger partial charge >= 0.3 is 10.1 Å². The average Bonchev–Trinajstić information content (AvgIpc) is 2.69. The second-order valence-corrected chi connectivity index (χ2v) is 6.63. The summed E-state index contributed by atoms with van der Waals surface area (Å²) in [5.41, 5.74) is 0. The Morgan fingerprint density at radius 3 is 2.67 bits per heavy atom. The molecule has 0 saturated heterocycles. The predicted molar refractivity (Wildman–Crippen MR) is 64.0 cm³/mol. The summed E-state index contributed by atoms with van der Waals surface area (Å²) in [6.07, 6.45) is 3.42. The second-order valence-electron chi connectivity index (χ2n) is 2.67. The molecule has 2 aromatic rings. The first kappa shape index (κ1) is 11.0. The number of thiophene rings is 1. The third-order valence-electron chi connectivity index (χ3n) is 1.60. The molecule has 0 fully saturated rings. The Hall–Kier alpha value is -0.450. The van der Waals surface area contributed by atoms with Crippen molar-refractivity contribution in [2.24, 2.45) is 0 Å². The van der Waals surface area contributed by atoms with Crippen molar-refractivity contribution in [3.63, 3.8) is 0 Å². The van der Waals surface area contributed by atoms with E-state index in [1.807, 2.05) is 0 Å². The summed E-state index contributed by atoms with van der Waals surface area (Å²) in [4.78, 5) is 0. The van der Waals surface area contributed by atoms with Crippen LogP contribution in [0, 0.1) is 3.57 Å². The van der Waals surface area contributed by atoms with Crippen molar-refractivity contribution < 1.29 is 13.0 Å². The van der Waals surface area contributed by atoms with Crippen LogP contribution in [0.15, 0.2) is 28.7 Å². The minimum Gasteiger partial charge on any atom is -0.281 e. The normalized spacial score (nSPS) is 11.9. The molecule has 80 valence electrons. The van der Waals surface area contributed by atoms with Crippen molar-refractivity contribution in [2.75, 3.05) is 0 Å². The van der Waals surface area contributed by atoms with Crippen LogP contribution in [0.1, 0.15) is 0 Å². The Bertz CT molecular complexity index is 587. The van der Waals surface area contributed by atoms with Crippen LogP contribution in [0.2, 0.25) is 0 Å². The number of hydrogen-bond donors (Lipinski definition) is 1. The van der Waals surface area contributed by atoms with Crippen LogP contribution in [-0.4, -0.2) is 22.8 Å². The Kier molecular flexibility index (Phi) is 2.83. The van der Waals surface area contributed by atoms with Gasteiger partial charge in [0.2, 0.25) is 0 Å². The van der Waals surface area contributed by atoms with Gasteiger partial charge in [-0.3, -0.25) is 4.55 Å². The van der Waals surface area contributed by atoms with Crippen molar-refractivity contribution in [3.8, 4) is 5.00 Å². The van der Waals surface area contributed by atoms with E-state index in [1.165, 1.54) is 6.07 Å². The molecule has 0 spiro atoms. The standard InChI is InChI=1S/C7H5IN2O3S2/c8-5-3-9-10(4-5)6-1-2-7(14-6)15(11,12)13/h1-4H,(H,11,12,13). The first-order chi connectivity index (χ1) is 6.97. The first-order valence-electron chi connectivity index (χ1n) is 3.75. The molecule has 0 aliphatic carbocycles. The largest absolute Gasteiger partial charge is 0.304 e. The summed E-state index contributed by atoms with van der Waals surface area (Å²) in [5, 5.41) is 4.67. The molecule has 0 atom stereocenters. The van der Waals surface area contributed by atoms with Gasteiger partial charge in [0, 0.05) is 6.20 Å². The summed E-state index contributed by atoms with van der Waals surface area (Å²) in [7, 11) is -4.11. The van der Waals surface area contributed by atoms with Gasteiger partial charge in [0.1, 0.15) is 9.21 Å². The topological polar surface area (TPSA) is 72.2 Å². The Labute approximate surface area is 104 Å². The molecular formula is C7H5IN2O3S2. The van der Waals surface area contributed by atoms with Gasteiger partial charge in [-0.25, -0.2) is 4.68 Å². The van der Waals surface area contributed by atoms with E-state index in [-0.39, 0.29) is 4.21 Å². The molecule has 15 heavy (non-hydrogen) atoms. The van der Waals surface area contributed by atoms with Crippen LogP contribution in [0.5, 0.6) is 0 Å². The molecule has 5 nitrogen and oxygen atoms in total. The van der Waals surface area contributed by atoms with E-state index in [0.29, 0.717) is 5.00 Å². The summed E-state index contributed by atoms with van der Waals surface area (Å²) >= 11 is 3.07. The predicted octanol–water partition coefficient (Wildman–Crippen LogP) is 1.79. The number of hydrogen-bond acceptors (Lipinski definition) is 4. The molecule has 2 aromatic heterocycles. The third-order valence-corrected chi connectivity index (χ3v) is 4.55. The zero-order chi connectivity index (χ0) is 11.1. The lowest BCUT2D eigenvalue weighted by Gasteiger charge is -1.93. The molecule has 0 unspecified atom stereocenters. The van der Waals surface area contributed by atoms with Crippen molar-refractivity contribution in [3.05, 3.63) is 28.1 Å². The van der Waals surface area contributed by atoms with Gasteiger partial charge in [-0.1, -0.05) is 0 Å². The summed E-state index contributed by atoms with van der Waals surface area (Å²) in [6, 6.07) is 2.95. The van der Waals surface area contributed by atoms with Crippen LogP contribution < -0.4 is 0 Å². The van der Waals surface area contributed by atoms with E-state index in [1.54, 1.807) is 23.1 Å². The molecule has 0 aliphatic rings. The monoisotopic (exact) mass is 356 g/mol. The van der Waals surface area contributed by atoms with Gasteiger partial charge in [0.25, 0.3) is 0 Å². The summed E-state index contributed by atoms with van der Waals surface area (Å²) in [5.74, 6) is 0. The molecule has 2 heterocycles. The fourth-order valence-corrected chi connectivity index (χ4v) is 2.97. The lowest BCUT2D eigenvalue weighted by atomic mass is 10.6. The maximum Gasteiger partial charge on any atom is 0.304 e. The zero-order valence-corrected chi connectivity index (χ0v) is 11.0. The molecule has 0 amide bonds. The van der Waals surface area contributed by atoms with E-state index >= 15 is 0 Å². The number of nitrogens with zero attached hydrogens (tertiary/aromatic N) is 2. The molecule has 0 aliphatic heterocycles. The molecule has 0 aromatic carbocycles. The average molecular weight is 356 g/mol. The molecule has 0 saturated carbocycles. The highest BCUT2D eigenvalue weighted by molar-refractivity contribution is 14.1. The SMILES string of the molecule is O=S(=O)(O)c1ccc(-n2cc(I)cn2)s1. The lowest BCUT2D eigenvalue weighted by Crippen LogP contribution is -1.93. The minimum atomic E-state index is -4.11. The highest BCUT2D eigenvalue weighted by Gasteiger charge is 2.13. The molecule has 2 rings (SSSR count). The smallest absolute Gasteiger partial charge is 0.281 e. The zero-order valence-electron chi connectivity index (χ0n) is 7.16. The van der Waals surface area contributed by atoms with Gasteiger partial charge in [0.05, 0.1) is 9.77 Å². The van der Waals surface area contributed by atoms with Crippen LogP contribution in [-0.2, 0) is 10.1 Å². The van der Waals surface area contributed by atoms with Crippen LogP contribution in [0.4, 0.5) is 0 Å². The summed E-state index contributed by atoms with van der Waals surface area (Å²) < 4.78 is 32.9. The van der Waals surface area contributed by atoms with E-state index in [9.17, 15) is 8.42 Å². The van der Waals surface area contributed by atoms with Gasteiger partial charge in [0.15, 0.2) is 0 Å². The third kappa shape index (κ3) is 2.38. The van der Waals surface area contributed by atoms with Gasteiger partial charge in [-0.2, -0.15) is 13.5 Å². The first-order valence-corrected chi connectivity index (χ1v) is 7.08. The minimum absolute atomic E-state index is 0.0805. The van der Waals surface area contributed by atoms with Gasteiger partial charge in [-0.05, 0) is 34.7 Å². The van der Waals surface area contributed by atoms with E-state index < -0.39 is 10.1 Å². The quantitative estimate of drug-likeness (QED) is 0.658. The van der Waals surface area contributed by atoms with Crippen molar-refractivity contribution >= 4 is 44.0 Å². The molecular weight excluding hydrogens is 351 g/mol. The van der Waals surface area contributed by atoms with Gasteiger partial charge < -0.3 is 0 Å². The van der Waals surface area contributed by atoms with Crippen LogP contribution >= 0.6 is 33.9 Å². The summed E-state index contributed by atoms with van der Waals surface area (Å²) in [6.45, 7) is 0. The van der Waals surface area contributed by atoms with Crippen LogP contribution in [0.25, 0.3) is 5.00 Å². The molecule has 0 bridgehead atoms. The van der Waals surface area contributed by atoms with Crippen molar-refractivity contribution in [2.45, 2.75) is 4.21 Å². The van der Waals surface area contributed by atoms with Crippen LogP contribution in [0.3, 0.4) is 0 Å². The Morgan fingerprint density at radius 1 is 1.47 bits per heavy atom. The maximum atomic E-state index is 10.8. The van der Waals surface area contributed by atoms with E-state index in [4.69, 9.17) is 4.55 Å². The Morgan fingerprint density at radius 2 is 2.20 bits per heavy atom. The molecule has 8 heteroatoms. The van der Waals surface area contributed by atoms with Crippen molar-refractivity contribution in [1.82, 2.24) is 9.78 Å². The van der Waals surface area contributed by atoms with Gasteiger partial charge in [-0.15, -0.1) is 11.3 Å². The van der Waals surface area contributed by atoms with E-state index in [0.717, 1.165) is 14.9 Å². The highest BCUT2D eigenvalue weighted by atomic mass is 127. The number of halogens is 1. The highest BCUT2D eigenvalue weighted by Crippen LogP contribution is 2.24. The fourth-order valence-electron chi connectivity index (χ4n) is 0.994. The number of rotatable bonds is 2. The molecule has 1 N–H and O–H groups in total. The number of aromatic nitrogens is 2. The van der Waals surface area contributed by atoms with E-state index in [2.05, 4.69) is 27.7 Å².